The third-order valence-corrected chi connectivity index (χ3v) is 4.75. The van der Waals surface area contributed by atoms with Crippen LogP contribution < -0.4 is 5.32 Å². The van der Waals surface area contributed by atoms with Gasteiger partial charge in [-0.15, -0.1) is 0 Å². The van der Waals surface area contributed by atoms with E-state index in [-0.39, 0.29) is 11.4 Å². The van der Waals surface area contributed by atoms with Gasteiger partial charge in [0.1, 0.15) is 0 Å². The smallest absolute Gasteiger partial charge is 0.317 e. The largest absolute Gasteiger partial charge is 0.388 e. The second-order valence-corrected chi connectivity index (χ2v) is 6.58. The van der Waals surface area contributed by atoms with Crippen LogP contribution in [0.3, 0.4) is 0 Å². The lowest BCUT2D eigenvalue weighted by Crippen LogP contribution is -2.48. The molecule has 0 saturated heterocycles. The van der Waals surface area contributed by atoms with Crippen molar-refractivity contribution in [2.24, 2.45) is 5.41 Å². The van der Waals surface area contributed by atoms with Crippen molar-refractivity contribution >= 4 is 6.03 Å². The normalized spacial score (nSPS) is 17.2. The number of carbonyl (C=O) groups is 1. The zero-order chi connectivity index (χ0) is 16.7. The molecular weight excluding hydrogens is 292 g/mol. The third-order valence-electron chi connectivity index (χ3n) is 4.75. The quantitative estimate of drug-likeness (QED) is 0.774. The Morgan fingerprint density at radius 2 is 2.09 bits per heavy atom. The van der Waals surface area contributed by atoms with Gasteiger partial charge in [-0.05, 0) is 24.8 Å². The number of carbonyl (C=O) groups excluding carboxylic acids is 1. The summed E-state index contributed by atoms with van der Waals surface area (Å²) in [6, 6.07) is 9.44. The summed E-state index contributed by atoms with van der Waals surface area (Å²) in [5, 5.41) is 13.2. The molecule has 2 amide bonds. The summed E-state index contributed by atoms with van der Waals surface area (Å²) >= 11 is 0. The molecule has 0 unspecified atom stereocenters. The van der Waals surface area contributed by atoms with Crippen LogP contribution in [0.2, 0.25) is 0 Å². The van der Waals surface area contributed by atoms with Gasteiger partial charge in [-0.25, -0.2) is 4.79 Å². The number of hydrogen-bond donors (Lipinski definition) is 2. The lowest BCUT2D eigenvalue weighted by Gasteiger charge is -2.41. The predicted octanol–water partition coefficient (Wildman–Crippen LogP) is 2.57. The number of nitrogens with one attached hydrogen (secondary N) is 1. The minimum Gasteiger partial charge on any atom is -0.388 e. The van der Waals surface area contributed by atoms with Crippen LogP contribution >= 0.6 is 0 Å². The summed E-state index contributed by atoms with van der Waals surface area (Å²) in [4.78, 5) is 13.8. The maximum Gasteiger partial charge on any atom is 0.317 e. The maximum atomic E-state index is 12.2. The number of amides is 2. The molecule has 0 heterocycles. The van der Waals surface area contributed by atoms with Crippen LogP contribution in [-0.4, -0.2) is 49.9 Å². The average Bonchev–Trinajstić information content (AvgIpc) is 2.55. The number of aliphatic hydroxyl groups is 1. The molecule has 0 radical (unpaired) electrons. The third kappa shape index (κ3) is 4.94. The molecular formula is C18H28N2O3. The lowest BCUT2D eigenvalue weighted by atomic mass is 9.69. The van der Waals surface area contributed by atoms with Crippen molar-refractivity contribution in [2.45, 2.75) is 31.8 Å². The van der Waals surface area contributed by atoms with Gasteiger partial charge in [0.2, 0.25) is 0 Å². The summed E-state index contributed by atoms with van der Waals surface area (Å²) in [7, 11) is 3.47. The average molecular weight is 320 g/mol. The SMILES string of the molecule is COCC1(CNC(=O)N(C)CC[C@@H](O)c2ccccc2)CCC1. The molecule has 1 aromatic carbocycles. The molecule has 1 atom stereocenters. The lowest BCUT2D eigenvalue weighted by molar-refractivity contribution is 0.0191. The molecule has 2 N–H and O–H groups in total. The van der Waals surface area contributed by atoms with Crippen LogP contribution in [0, 0.1) is 5.41 Å². The summed E-state index contributed by atoms with van der Waals surface area (Å²) < 4.78 is 5.27. The van der Waals surface area contributed by atoms with E-state index in [9.17, 15) is 9.90 Å². The van der Waals surface area contributed by atoms with Gasteiger partial charge in [-0.2, -0.15) is 0 Å². The van der Waals surface area contributed by atoms with E-state index in [1.165, 1.54) is 6.42 Å². The van der Waals surface area contributed by atoms with E-state index in [1.54, 1.807) is 19.1 Å². The monoisotopic (exact) mass is 320 g/mol. The molecule has 23 heavy (non-hydrogen) atoms. The Balaban J connectivity index is 1.72. The first-order valence-electron chi connectivity index (χ1n) is 8.27. The van der Waals surface area contributed by atoms with Crippen LogP contribution in [0.1, 0.15) is 37.4 Å². The van der Waals surface area contributed by atoms with E-state index in [0.29, 0.717) is 26.1 Å². The van der Waals surface area contributed by atoms with Gasteiger partial charge in [0, 0.05) is 32.7 Å². The number of benzene rings is 1. The van der Waals surface area contributed by atoms with E-state index in [1.807, 2.05) is 30.3 Å². The Hall–Kier alpha value is -1.59. The Morgan fingerprint density at radius 3 is 2.65 bits per heavy atom. The van der Waals surface area contributed by atoms with Crippen molar-refractivity contribution in [3.8, 4) is 0 Å². The van der Waals surface area contributed by atoms with E-state index in [4.69, 9.17) is 4.74 Å². The number of nitrogens with zero attached hydrogens (tertiary/aromatic N) is 1. The fraction of sp³-hybridized carbons (Fsp3) is 0.611. The number of hydrogen-bond acceptors (Lipinski definition) is 3. The topological polar surface area (TPSA) is 61.8 Å². The number of ether oxygens (including phenoxy) is 1. The zero-order valence-electron chi connectivity index (χ0n) is 14.1. The molecule has 1 aromatic rings. The van der Waals surface area contributed by atoms with Crippen molar-refractivity contribution in [3.05, 3.63) is 35.9 Å². The van der Waals surface area contributed by atoms with Gasteiger partial charge in [-0.3, -0.25) is 0 Å². The second kappa shape index (κ2) is 8.31. The van der Waals surface area contributed by atoms with Gasteiger partial charge < -0.3 is 20.1 Å². The van der Waals surface area contributed by atoms with E-state index in [0.717, 1.165) is 18.4 Å². The molecule has 1 saturated carbocycles. The molecule has 2 rings (SSSR count). The minimum atomic E-state index is -0.544. The Labute approximate surface area is 138 Å². The zero-order valence-corrected chi connectivity index (χ0v) is 14.1. The molecule has 1 fully saturated rings. The summed E-state index contributed by atoms with van der Waals surface area (Å²) in [6.07, 6.45) is 3.41. The Bertz CT molecular complexity index is 488. The van der Waals surface area contributed by atoms with Crippen LogP contribution in [0.25, 0.3) is 0 Å². The van der Waals surface area contributed by atoms with Gasteiger partial charge in [0.25, 0.3) is 0 Å². The number of urea groups is 1. The molecule has 0 spiro atoms. The van der Waals surface area contributed by atoms with Gasteiger partial charge in [0.15, 0.2) is 0 Å². The first kappa shape index (κ1) is 17.8. The van der Waals surface area contributed by atoms with E-state index >= 15 is 0 Å². The molecule has 0 bridgehead atoms. The molecule has 1 aliphatic carbocycles. The van der Waals surface area contributed by atoms with Crippen molar-refractivity contribution < 1.29 is 14.6 Å². The van der Waals surface area contributed by atoms with Crippen LogP contribution in [-0.2, 0) is 4.74 Å². The first-order valence-corrected chi connectivity index (χ1v) is 8.27. The molecule has 5 nitrogen and oxygen atoms in total. The van der Waals surface area contributed by atoms with Crippen molar-refractivity contribution in [1.29, 1.82) is 0 Å². The van der Waals surface area contributed by atoms with Crippen LogP contribution in [0.15, 0.2) is 30.3 Å². The minimum absolute atomic E-state index is 0.0901. The highest BCUT2D eigenvalue weighted by Crippen LogP contribution is 2.40. The number of aliphatic hydroxyl groups excluding tert-OH is 1. The fourth-order valence-corrected chi connectivity index (χ4v) is 3.01. The highest BCUT2D eigenvalue weighted by Gasteiger charge is 2.37. The van der Waals surface area contributed by atoms with Gasteiger partial charge in [-0.1, -0.05) is 36.8 Å². The summed E-state index contributed by atoms with van der Waals surface area (Å²) in [5.41, 5.74) is 1.00. The Morgan fingerprint density at radius 1 is 1.39 bits per heavy atom. The van der Waals surface area contributed by atoms with Gasteiger partial charge in [0.05, 0.1) is 12.7 Å². The van der Waals surface area contributed by atoms with Crippen molar-refractivity contribution in [2.75, 3.05) is 33.9 Å². The first-order chi connectivity index (χ1) is 11.1. The summed E-state index contributed by atoms with van der Waals surface area (Å²) in [5.74, 6) is 0. The summed E-state index contributed by atoms with van der Waals surface area (Å²) in [6.45, 7) is 1.87. The fourth-order valence-electron chi connectivity index (χ4n) is 3.01. The van der Waals surface area contributed by atoms with Crippen LogP contribution in [0.4, 0.5) is 4.79 Å². The Kier molecular flexibility index (Phi) is 6.42. The second-order valence-electron chi connectivity index (χ2n) is 6.58. The van der Waals surface area contributed by atoms with Gasteiger partial charge >= 0.3 is 6.03 Å². The molecule has 0 aliphatic heterocycles. The number of methoxy groups -OCH3 is 1. The van der Waals surface area contributed by atoms with Crippen molar-refractivity contribution in [1.82, 2.24) is 10.2 Å². The van der Waals surface area contributed by atoms with Crippen LogP contribution in [0.5, 0.6) is 0 Å². The highest BCUT2D eigenvalue weighted by molar-refractivity contribution is 5.73. The van der Waals surface area contributed by atoms with E-state index < -0.39 is 6.10 Å². The number of rotatable bonds is 8. The molecule has 128 valence electrons. The predicted molar refractivity (Wildman–Crippen MR) is 90.2 cm³/mol. The molecule has 5 heteroatoms. The molecule has 0 aromatic heterocycles. The van der Waals surface area contributed by atoms with Crippen molar-refractivity contribution in [3.63, 3.8) is 0 Å². The van der Waals surface area contributed by atoms with E-state index in [2.05, 4.69) is 5.32 Å². The maximum absolute atomic E-state index is 12.2. The molecule has 1 aliphatic rings. The highest BCUT2D eigenvalue weighted by atomic mass is 16.5. The standard InChI is InChI=1S/C18H28N2O3/c1-20(12-9-16(21)15-7-4-3-5-8-15)17(22)19-13-18(14-23-2)10-6-11-18/h3-5,7-8,16,21H,6,9-14H2,1-2H3,(H,19,22)/t16-/m1/s1.